The lowest BCUT2D eigenvalue weighted by Gasteiger charge is -2.39. The lowest BCUT2D eigenvalue weighted by Crippen LogP contribution is -2.43. The highest BCUT2D eigenvalue weighted by Crippen LogP contribution is 2.42. The molecule has 2 heterocycles. The molecule has 0 bridgehead atoms. The van der Waals surface area contributed by atoms with Crippen molar-refractivity contribution in [2.24, 2.45) is 0 Å². The zero-order valence-corrected chi connectivity index (χ0v) is 33.6. The van der Waals surface area contributed by atoms with Gasteiger partial charge >= 0.3 is 5.97 Å². The number of benzene rings is 3. The number of pyridine rings is 1. The zero-order chi connectivity index (χ0) is 38.7. The van der Waals surface area contributed by atoms with Crippen molar-refractivity contribution >= 4 is 36.8 Å². The van der Waals surface area contributed by atoms with E-state index in [0.29, 0.717) is 50.8 Å². The summed E-state index contributed by atoms with van der Waals surface area (Å²) in [6.07, 6.45) is 7.93. The molecule has 0 radical (unpaired) electrons. The Kier molecular flexibility index (Phi) is 11.9. The molecule has 0 spiro atoms. The predicted octanol–water partition coefficient (Wildman–Crippen LogP) is 8.68. The number of carbonyl (C=O) groups excluding carboxylic acids is 1. The van der Waals surface area contributed by atoms with Gasteiger partial charge in [0.15, 0.2) is 8.32 Å². The van der Waals surface area contributed by atoms with Gasteiger partial charge in [-0.25, -0.2) is 0 Å². The summed E-state index contributed by atoms with van der Waals surface area (Å²) in [7, 11) is -2.21. The van der Waals surface area contributed by atoms with Gasteiger partial charge in [-0.1, -0.05) is 82.5 Å². The van der Waals surface area contributed by atoms with Crippen molar-refractivity contribution < 1.29 is 24.2 Å². The molecule has 1 fully saturated rings. The van der Waals surface area contributed by atoms with Crippen LogP contribution in [-0.4, -0.2) is 48.5 Å². The molecule has 10 heteroatoms. The maximum atomic E-state index is 13.1. The summed E-state index contributed by atoms with van der Waals surface area (Å²) in [4.78, 5) is 42.4. The highest BCUT2D eigenvalue weighted by atomic mass is 28.4. The summed E-state index contributed by atoms with van der Waals surface area (Å²) in [6, 6.07) is 21.3. The monoisotopic (exact) mass is 751 g/mol. The van der Waals surface area contributed by atoms with Gasteiger partial charge in [0.2, 0.25) is 11.5 Å². The van der Waals surface area contributed by atoms with Crippen LogP contribution in [0.4, 0.5) is 5.69 Å². The van der Waals surface area contributed by atoms with Gasteiger partial charge < -0.3 is 29.8 Å². The number of rotatable bonds is 14. The van der Waals surface area contributed by atoms with E-state index in [0.717, 1.165) is 71.9 Å². The molecule has 9 nitrogen and oxygen atoms in total. The number of hydrogen-bond acceptors (Lipinski definition) is 6. The van der Waals surface area contributed by atoms with E-state index in [4.69, 9.17) is 4.43 Å². The van der Waals surface area contributed by atoms with Gasteiger partial charge in [-0.2, -0.15) is 0 Å². The maximum Gasteiger partial charge on any atom is 0.314 e. The van der Waals surface area contributed by atoms with Crippen molar-refractivity contribution in [2.45, 2.75) is 121 Å². The minimum absolute atomic E-state index is 0.0148. The standard InChI is InChI=1S/C44H57N3O6Si/c1-43(2,3)54(4,5)53-38(34-17-20-37(48)41-35(34)18-21-39(49)46-41)29-45-28-31-15-19-36-32(26-31)16-22-40(50)47(36)25-10-7-12-30-13-11-14-33(27-30)44(42(51)52)23-8-6-9-24-44/h11,13-15,17-21,26-27,38,45,48H,6-10,12,16,22-25,28-29H2,1-5H3,(H,46,49)(H,51,52)/t38-/m1/s1. The Hall–Kier alpha value is -4.25. The number of nitrogens with one attached hydrogen (secondary N) is 2. The van der Waals surface area contributed by atoms with E-state index in [1.165, 1.54) is 11.6 Å². The van der Waals surface area contributed by atoms with Gasteiger partial charge in [0.1, 0.15) is 5.75 Å². The molecule has 1 saturated carbocycles. The summed E-state index contributed by atoms with van der Waals surface area (Å²) >= 11 is 0. The Morgan fingerprint density at radius 3 is 2.48 bits per heavy atom. The number of aromatic hydroxyl groups is 1. The Morgan fingerprint density at radius 2 is 1.74 bits per heavy atom. The number of aryl methyl sites for hydroxylation is 2. The third kappa shape index (κ3) is 8.51. The zero-order valence-electron chi connectivity index (χ0n) is 32.6. The van der Waals surface area contributed by atoms with Gasteiger partial charge in [-0.15, -0.1) is 0 Å². The number of carbonyl (C=O) groups is 2. The number of aromatic nitrogens is 1. The number of aliphatic carboxylic acids is 1. The third-order valence-corrected chi connectivity index (χ3v) is 16.7. The van der Waals surface area contributed by atoms with Crippen LogP contribution >= 0.6 is 0 Å². The van der Waals surface area contributed by atoms with Crippen LogP contribution < -0.4 is 15.8 Å². The molecule has 1 aliphatic carbocycles. The van der Waals surface area contributed by atoms with Gasteiger partial charge in [0, 0.05) is 43.2 Å². The minimum Gasteiger partial charge on any atom is -0.506 e. The van der Waals surface area contributed by atoms with E-state index in [1.54, 1.807) is 12.1 Å². The number of fused-ring (bicyclic) bond motifs is 2. The molecular weight excluding hydrogens is 695 g/mol. The highest BCUT2D eigenvalue weighted by molar-refractivity contribution is 6.74. The second kappa shape index (κ2) is 16.2. The average molecular weight is 752 g/mol. The normalized spacial score (nSPS) is 16.7. The van der Waals surface area contributed by atoms with Crippen LogP contribution in [0.2, 0.25) is 18.1 Å². The van der Waals surface area contributed by atoms with Gasteiger partial charge in [0.25, 0.3) is 0 Å². The molecule has 1 aliphatic heterocycles. The molecular formula is C44H57N3O6Si. The molecule has 4 N–H and O–H groups in total. The molecule has 288 valence electrons. The Bertz CT molecular complexity index is 2040. The molecule has 54 heavy (non-hydrogen) atoms. The number of nitrogens with zero attached hydrogens (tertiary/aromatic N) is 1. The maximum absolute atomic E-state index is 13.1. The smallest absolute Gasteiger partial charge is 0.314 e. The van der Waals surface area contributed by atoms with Crippen LogP contribution in [0.15, 0.2) is 71.5 Å². The second-order valence-electron chi connectivity index (χ2n) is 16.9. The largest absolute Gasteiger partial charge is 0.506 e. The van der Waals surface area contributed by atoms with Crippen molar-refractivity contribution in [3.8, 4) is 5.75 Å². The Morgan fingerprint density at radius 1 is 0.963 bits per heavy atom. The summed E-state index contributed by atoms with van der Waals surface area (Å²) < 4.78 is 6.98. The number of aromatic amines is 1. The molecule has 6 rings (SSSR count). The number of hydrogen-bond donors (Lipinski definition) is 4. The highest BCUT2D eigenvalue weighted by Gasteiger charge is 2.42. The lowest BCUT2D eigenvalue weighted by molar-refractivity contribution is -0.145. The van der Waals surface area contributed by atoms with Crippen molar-refractivity contribution in [3.63, 3.8) is 0 Å². The van der Waals surface area contributed by atoms with Crippen LogP contribution in [0.3, 0.4) is 0 Å². The van der Waals surface area contributed by atoms with Crippen LogP contribution in [0, 0.1) is 0 Å². The average Bonchev–Trinajstić information content (AvgIpc) is 3.14. The van der Waals surface area contributed by atoms with E-state index in [-0.39, 0.29) is 28.4 Å². The van der Waals surface area contributed by atoms with Crippen LogP contribution in [0.25, 0.3) is 10.9 Å². The second-order valence-corrected chi connectivity index (χ2v) is 21.7. The Balaban J connectivity index is 1.10. The number of carboxylic acid groups (broad SMARTS) is 1. The molecule has 1 amide bonds. The van der Waals surface area contributed by atoms with E-state index in [1.807, 2.05) is 23.1 Å². The number of amides is 1. The van der Waals surface area contributed by atoms with Gasteiger partial charge in [0.05, 0.1) is 17.0 Å². The fraction of sp³-hybridized carbons (Fsp3) is 0.477. The fourth-order valence-corrected chi connectivity index (χ4v) is 9.28. The molecule has 0 saturated heterocycles. The summed E-state index contributed by atoms with van der Waals surface area (Å²) in [5.74, 6) is -0.519. The molecule has 3 aromatic carbocycles. The molecule has 2 aliphatic rings. The SMILES string of the molecule is CC(C)(C)[Si](C)(C)O[C@H](CNCc1ccc2c(c1)CCC(=O)N2CCCCc1cccc(C2(C(=O)O)CCCCC2)c1)c1ccc(O)c2[nH]c(=O)ccc12. The first-order valence-corrected chi connectivity index (χ1v) is 22.6. The third-order valence-electron chi connectivity index (χ3n) is 12.2. The van der Waals surface area contributed by atoms with Crippen LogP contribution in [0.1, 0.15) is 106 Å². The number of carboxylic acids is 1. The van der Waals surface area contributed by atoms with E-state index < -0.39 is 19.7 Å². The first-order valence-electron chi connectivity index (χ1n) is 19.7. The number of unbranched alkanes of at least 4 members (excludes halogenated alkanes) is 1. The van der Waals surface area contributed by atoms with Crippen LogP contribution in [0.5, 0.6) is 5.75 Å². The van der Waals surface area contributed by atoms with Crippen molar-refractivity contribution in [1.29, 1.82) is 0 Å². The number of anilines is 1. The van der Waals surface area contributed by atoms with Crippen LogP contribution in [-0.2, 0) is 38.8 Å². The van der Waals surface area contributed by atoms with E-state index in [9.17, 15) is 24.6 Å². The summed E-state index contributed by atoms with van der Waals surface area (Å²) in [5, 5.41) is 25.1. The molecule has 1 atom stereocenters. The predicted molar refractivity (Wildman–Crippen MR) is 218 cm³/mol. The molecule has 4 aromatic rings. The van der Waals surface area contributed by atoms with Crippen molar-refractivity contribution in [1.82, 2.24) is 10.3 Å². The van der Waals surface area contributed by atoms with E-state index in [2.05, 4.69) is 74.5 Å². The number of H-pyrrole nitrogens is 1. The van der Waals surface area contributed by atoms with Crippen molar-refractivity contribution in [2.75, 3.05) is 18.0 Å². The summed E-state index contributed by atoms with van der Waals surface area (Å²) in [6.45, 7) is 12.9. The fourth-order valence-electron chi connectivity index (χ4n) is 8.01. The van der Waals surface area contributed by atoms with Gasteiger partial charge in [-0.3, -0.25) is 14.4 Å². The molecule has 1 aromatic heterocycles. The quantitative estimate of drug-likeness (QED) is 0.0749. The lowest BCUT2D eigenvalue weighted by atomic mass is 9.69. The van der Waals surface area contributed by atoms with E-state index >= 15 is 0 Å². The summed E-state index contributed by atoms with van der Waals surface area (Å²) in [5.41, 5.74) is 5.68. The topological polar surface area (TPSA) is 132 Å². The van der Waals surface area contributed by atoms with Gasteiger partial charge in [-0.05, 0) is 103 Å². The number of phenolic OH excluding ortho intramolecular Hbond substituents is 1. The first kappa shape index (κ1) is 39.4. The minimum atomic E-state index is -2.21. The molecule has 0 unspecified atom stereocenters. The first-order chi connectivity index (χ1) is 25.7. The Labute approximate surface area is 320 Å². The number of phenols is 1. The van der Waals surface area contributed by atoms with Crippen molar-refractivity contribution in [3.05, 3.63) is 105 Å².